The summed E-state index contributed by atoms with van der Waals surface area (Å²) in [4.78, 5) is 28.2. The van der Waals surface area contributed by atoms with Gasteiger partial charge in [0.1, 0.15) is 5.82 Å². The van der Waals surface area contributed by atoms with E-state index in [1.807, 2.05) is 24.3 Å². The number of nitrogens with two attached hydrogens (primary N) is 2. The third-order valence-corrected chi connectivity index (χ3v) is 4.96. The summed E-state index contributed by atoms with van der Waals surface area (Å²) in [6.45, 7) is 0.357. The minimum absolute atomic E-state index is 0.220. The lowest BCUT2D eigenvalue weighted by atomic mass is 10.0. The molecule has 0 atom stereocenters. The van der Waals surface area contributed by atoms with Crippen LogP contribution in [-0.4, -0.2) is 16.8 Å². The lowest BCUT2D eigenvalue weighted by Crippen LogP contribution is -2.24. The van der Waals surface area contributed by atoms with E-state index in [4.69, 9.17) is 11.5 Å². The molecule has 0 spiro atoms. The Morgan fingerprint density at radius 2 is 2.00 bits per heavy atom. The number of nitrogen functional groups attached to an aromatic ring is 1. The van der Waals surface area contributed by atoms with Gasteiger partial charge in [-0.15, -0.1) is 11.3 Å². The van der Waals surface area contributed by atoms with Crippen LogP contribution in [0.25, 0.3) is 10.1 Å². The van der Waals surface area contributed by atoms with E-state index in [1.165, 1.54) is 17.8 Å². The summed E-state index contributed by atoms with van der Waals surface area (Å²) >= 11 is 1.35. The molecule has 1 aromatic carbocycles. The number of aromatic nitrogens is 1. The standard InChI is InChI=1S/C18H17N4O2S/c19-15-7-5-11(9-21-15)10-22-16(23)8-6-13-12-3-1-2-4-14(12)25-17(13)18(20)24/h1-5,7-9H,6,10H2,(H2,19,21)(H2,20,24)(H,22,23). The van der Waals surface area contributed by atoms with E-state index in [-0.39, 0.29) is 5.91 Å². The molecule has 0 aliphatic heterocycles. The zero-order valence-corrected chi connectivity index (χ0v) is 14.2. The van der Waals surface area contributed by atoms with Crippen LogP contribution in [0.4, 0.5) is 5.82 Å². The van der Waals surface area contributed by atoms with Gasteiger partial charge in [-0.2, -0.15) is 0 Å². The van der Waals surface area contributed by atoms with Gasteiger partial charge in [0.25, 0.3) is 5.91 Å². The molecule has 0 bridgehead atoms. The highest BCUT2D eigenvalue weighted by Gasteiger charge is 2.17. The van der Waals surface area contributed by atoms with Crippen LogP contribution in [0, 0.1) is 6.42 Å². The Labute approximate surface area is 148 Å². The van der Waals surface area contributed by atoms with Crippen LogP contribution in [0.5, 0.6) is 0 Å². The van der Waals surface area contributed by atoms with Crippen molar-refractivity contribution in [3.63, 3.8) is 0 Å². The molecular weight excluding hydrogens is 336 g/mol. The SMILES string of the molecule is NC(=O)c1sc2ccccc2c1C[CH]C(=O)NCc1ccc(N)nc1. The first kappa shape index (κ1) is 16.9. The molecule has 3 rings (SSSR count). The minimum Gasteiger partial charge on any atom is -0.384 e. The fourth-order valence-electron chi connectivity index (χ4n) is 2.50. The maximum Gasteiger partial charge on any atom is 0.259 e. The number of nitrogens with one attached hydrogen (secondary N) is 1. The second kappa shape index (κ2) is 7.31. The predicted octanol–water partition coefficient (Wildman–Crippen LogP) is 2.04. The van der Waals surface area contributed by atoms with Crippen LogP contribution in [0.15, 0.2) is 42.6 Å². The van der Waals surface area contributed by atoms with Crippen LogP contribution >= 0.6 is 11.3 Å². The molecule has 5 N–H and O–H groups in total. The smallest absolute Gasteiger partial charge is 0.259 e. The van der Waals surface area contributed by atoms with Crippen molar-refractivity contribution in [2.45, 2.75) is 13.0 Å². The van der Waals surface area contributed by atoms with Crippen LogP contribution in [0.3, 0.4) is 0 Å². The number of fused-ring (bicyclic) bond motifs is 1. The Kier molecular flexibility index (Phi) is 4.95. The van der Waals surface area contributed by atoms with E-state index in [2.05, 4.69) is 10.3 Å². The van der Waals surface area contributed by atoms with Crippen molar-refractivity contribution in [3.05, 3.63) is 65.0 Å². The molecule has 0 unspecified atom stereocenters. The third kappa shape index (κ3) is 3.95. The Hall–Kier alpha value is -2.93. The Balaban J connectivity index is 1.65. The lowest BCUT2D eigenvalue weighted by molar-refractivity contribution is -0.118. The number of pyridine rings is 1. The molecule has 2 heterocycles. The number of primary amides is 1. The Morgan fingerprint density at radius 1 is 1.20 bits per heavy atom. The maximum absolute atomic E-state index is 12.1. The number of carbonyl (C=O) groups excluding carboxylic acids is 2. The number of nitrogens with zero attached hydrogens (tertiary/aromatic N) is 1. The first-order valence-corrected chi connectivity index (χ1v) is 8.48. The quantitative estimate of drug-likeness (QED) is 0.629. The highest BCUT2D eigenvalue weighted by molar-refractivity contribution is 7.21. The van der Waals surface area contributed by atoms with Gasteiger partial charge in [0.05, 0.1) is 11.3 Å². The Bertz CT molecular complexity index is 918. The van der Waals surface area contributed by atoms with E-state index in [0.717, 1.165) is 21.2 Å². The van der Waals surface area contributed by atoms with Crippen LogP contribution in [0.2, 0.25) is 0 Å². The van der Waals surface area contributed by atoms with E-state index >= 15 is 0 Å². The lowest BCUT2D eigenvalue weighted by Gasteiger charge is -2.06. The average molecular weight is 353 g/mol. The minimum atomic E-state index is -0.474. The van der Waals surface area contributed by atoms with Gasteiger partial charge in [0.2, 0.25) is 5.91 Å². The molecule has 0 saturated carbocycles. The van der Waals surface area contributed by atoms with Gasteiger partial charge in [0, 0.05) is 17.4 Å². The molecule has 0 aliphatic rings. The van der Waals surface area contributed by atoms with E-state index in [0.29, 0.717) is 23.7 Å². The van der Waals surface area contributed by atoms with Gasteiger partial charge in [-0.05, 0) is 35.1 Å². The van der Waals surface area contributed by atoms with Crippen molar-refractivity contribution in [3.8, 4) is 0 Å². The molecule has 0 aliphatic carbocycles. The molecule has 6 nitrogen and oxygen atoms in total. The number of anilines is 1. The molecule has 7 heteroatoms. The molecule has 2 aromatic heterocycles. The summed E-state index contributed by atoms with van der Waals surface area (Å²) in [5.41, 5.74) is 12.6. The summed E-state index contributed by atoms with van der Waals surface area (Å²) in [5, 5.41) is 3.74. The number of benzene rings is 1. The predicted molar refractivity (Wildman–Crippen MR) is 98.8 cm³/mol. The maximum atomic E-state index is 12.1. The van der Waals surface area contributed by atoms with Crippen molar-refractivity contribution in [1.82, 2.24) is 10.3 Å². The van der Waals surface area contributed by atoms with E-state index < -0.39 is 5.91 Å². The largest absolute Gasteiger partial charge is 0.384 e. The average Bonchev–Trinajstić information content (AvgIpc) is 2.98. The topological polar surface area (TPSA) is 111 Å². The van der Waals surface area contributed by atoms with Crippen molar-refractivity contribution in [1.29, 1.82) is 0 Å². The van der Waals surface area contributed by atoms with Crippen LogP contribution < -0.4 is 16.8 Å². The van der Waals surface area contributed by atoms with Crippen molar-refractivity contribution in [2.75, 3.05) is 5.73 Å². The first-order chi connectivity index (χ1) is 12.0. The number of hydrogen-bond acceptors (Lipinski definition) is 5. The van der Waals surface area contributed by atoms with Crippen molar-refractivity contribution < 1.29 is 9.59 Å². The van der Waals surface area contributed by atoms with Crippen molar-refractivity contribution in [2.24, 2.45) is 5.73 Å². The first-order valence-electron chi connectivity index (χ1n) is 7.66. The molecule has 0 fully saturated rings. The molecule has 25 heavy (non-hydrogen) atoms. The zero-order chi connectivity index (χ0) is 17.8. The monoisotopic (exact) mass is 353 g/mol. The normalized spacial score (nSPS) is 10.7. The molecule has 3 aromatic rings. The number of amides is 2. The number of hydrogen-bond donors (Lipinski definition) is 3. The van der Waals surface area contributed by atoms with Crippen LogP contribution in [-0.2, 0) is 17.8 Å². The number of thiophene rings is 1. The zero-order valence-electron chi connectivity index (χ0n) is 13.4. The Morgan fingerprint density at radius 3 is 2.72 bits per heavy atom. The second-order valence-electron chi connectivity index (χ2n) is 5.49. The number of carbonyl (C=O) groups is 2. The highest BCUT2D eigenvalue weighted by Crippen LogP contribution is 2.31. The second-order valence-corrected chi connectivity index (χ2v) is 6.54. The highest BCUT2D eigenvalue weighted by atomic mass is 32.1. The molecule has 127 valence electrons. The number of rotatable bonds is 6. The summed E-state index contributed by atoms with van der Waals surface area (Å²) in [7, 11) is 0. The van der Waals surface area contributed by atoms with Gasteiger partial charge >= 0.3 is 0 Å². The fourth-order valence-corrected chi connectivity index (χ4v) is 3.58. The molecule has 2 amide bonds. The molecule has 0 saturated heterocycles. The van der Waals surface area contributed by atoms with E-state index in [9.17, 15) is 9.59 Å². The van der Waals surface area contributed by atoms with Gasteiger partial charge in [-0.3, -0.25) is 9.59 Å². The summed E-state index contributed by atoms with van der Waals surface area (Å²) in [5.74, 6) is -0.259. The van der Waals surface area contributed by atoms with Gasteiger partial charge in [0.15, 0.2) is 0 Å². The summed E-state index contributed by atoms with van der Waals surface area (Å²) in [6, 6.07) is 11.2. The summed E-state index contributed by atoms with van der Waals surface area (Å²) < 4.78 is 0.980. The van der Waals surface area contributed by atoms with Gasteiger partial charge in [-0.1, -0.05) is 24.3 Å². The van der Waals surface area contributed by atoms with Gasteiger partial charge in [-0.25, -0.2) is 4.98 Å². The fraction of sp³-hybridized carbons (Fsp3) is 0.111. The molecule has 1 radical (unpaired) electrons. The third-order valence-electron chi connectivity index (χ3n) is 3.73. The van der Waals surface area contributed by atoms with E-state index in [1.54, 1.807) is 18.3 Å². The van der Waals surface area contributed by atoms with Crippen molar-refractivity contribution >= 4 is 39.1 Å². The summed E-state index contributed by atoms with van der Waals surface area (Å²) in [6.07, 6.45) is 3.48. The van der Waals surface area contributed by atoms with Crippen LogP contribution in [0.1, 0.15) is 20.8 Å². The molecular formula is C18H17N4O2S. The van der Waals surface area contributed by atoms with Gasteiger partial charge < -0.3 is 16.8 Å².